The first-order valence-corrected chi connectivity index (χ1v) is 15.7. The van der Waals surface area contributed by atoms with Crippen LogP contribution in [-0.2, 0) is 6.42 Å². The molecule has 246 valence electrons. The number of aryl methyl sites for hydroxylation is 1. The monoisotopic (exact) mass is 638 g/mol. The smallest absolute Gasteiger partial charge is 0.389 e. The number of anilines is 1. The fourth-order valence-corrected chi connectivity index (χ4v) is 5.65. The summed E-state index contributed by atoms with van der Waals surface area (Å²) in [5.41, 5.74) is 19.2. The molecule has 3 aromatic rings. The number of fused-ring (bicyclic) bond motifs is 1. The van der Waals surface area contributed by atoms with Crippen molar-refractivity contribution in [3.8, 4) is 11.5 Å². The second-order valence-corrected chi connectivity index (χ2v) is 11.5. The zero-order valence-corrected chi connectivity index (χ0v) is 26.0. The minimum absolute atomic E-state index is 0.0568. The molecule has 1 aliphatic rings. The van der Waals surface area contributed by atoms with Crippen LogP contribution < -0.4 is 21.6 Å². The summed E-state index contributed by atoms with van der Waals surface area (Å²) < 4.78 is 57.6. The van der Waals surface area contributed by atoms with Crippen molar-refractivity contribution in [3.63, 3.8) is 0 Å². The Kier molecular flexibility index (Phi) is 11.8. The average Bonchev–Trinajstić information content (AvgIpc) is 3.44. The highest BCUT2D eigenvalue weighted by Crippen LogP contribution is 2.36. The third-order valence-corrected chi connectivity index (χ3v) is 8.06. The number of nitrogen functional groups attached to an aromatic ring is 2. The van der Waals surface area contributed by atoms with Gasteiger partial charge in [0.15, 0.2) is 0 Å². The molecule has 46 heavy (non-hydrogen) atoms. The van der Waals surface area contributed by atoms with Crippen molar-refractivity contribution in [1.29, 1.82) is 10.8 Å². The van der Waals surface area contributed by atoms with Gasteiger partial charge in [-0.1, -0.05) is 75.4 Å². The number of unbranched alkanes of at least 4 members (excludes halogenated alkanes) is 6. The minimum Gasteiger partial charge on any atom is -0.457 e. The molecule has 7 nitrogen and oxygen atoms in total. The topological polar surface area (TPSA) is 124 Å². The van der Waals surface area contributed by atoms with E-state index in [4.69, 9.17) is 27.0 Å². The number of hydrazine groups is 1. The van der Waals surface area contributed by atoms with Crippen LogP contribution in [-0.4, -0.2) is 29.4 Å². The van der Waals surface area contributed by atoms with Gasteiger partial charge >= 0.3 is 6.18 Å². The molecule has 0 spiro atoms. The fraction of sp³-hybridized carbons (Fsp3) is 0.371. The number of alkyl halides is 3. The first-order chi connectivity index (χ1) is 22.0. The Bertz CT molecular complexity index is 1550. The van der Waals surface area contributed by atoms with Crippen LogP contribution in [0.4, 0.5) is 23.2 Å². The van der Waals surface area contributed by atoms with Crippen molar-refractivity contribution in [3.05, 3.63) is 94.3 Å². The number of benzene rings is 3. The molecule has 0 amide bonds. The Morgan fingerprint density at radius 3 is 2.24 bits per heavy atom. The van der Waals surface area contributed by atoms with Gasteiger partial charge in [0, 0.05) is 18.5 Å². The zero-order valence-electron chi connectivity index (χ0n) is 26.0. The van der Waals surface area contributed by atoms with Crippen molar-refractivity contribution in [2.75, 3.05) is 12.0 Å². The minimum atomic E-state index is -4.09. The Morgan fingerprint density at radius 2 is 1.57 bits per heavy atom. The largest absolute Gasteiger partial charge is 0.457 e. The lowest BCUT2D eigenvalue weighted by molar-refractivity contribution is -0.135. The van der Waals surface area contributed by atoms with Gasteiger partial charge in [0.2, 0.25) is 0 Å². The van der Waals surface area contributed by atoms with Crippen molar-refractivity contribution < 1.29 is 22.3 Å². The van der Waals surface area contributed by atoms with Gasteiger partial charge in [0.05, 0.1) is 17.3 Å². The van der Waals surface area contributed by atoms with E-state index in [9.17, 15) is 17.6 Å². The quantitative estimate of drug-likeness (QED) is 0.0332. The van der Waals surface area contributed by atoms with Crippen LogP contribution in [0.5, 0.6) is 11.5 Å². The summed E-state index contributed by atoms with van der Waals surface area (Å²) in [5, 5.41) is 18.5. The van der Waals surface area contributed by atoms with E-state index >= 15 is 0 Å². The van der Waals surface area contributed by atoms with Gasteiger partial charge in [0.25, 0.3) is 0 Å². The number of halogens is 4. The van der Waals surface area contributed by atoms with Crippen LogP contribution in [0.3, 0.4) is 0 Å². The summed E-state index contributed by atoms with van der Waals surface area (Å²) >= 11 is 0. The standard InChI is InChI=1S/C35H42F4N6O/c1-2-45(31-18-15-23-12-9-10-14-26(23)31)44-30-21-28(34(42)43)32(22-27(30)33(40)41)46-25-16-17-29(36)24(20-25)13-8-6-4-3-5-7-11-19-35(37,38)39/h9-10,12,14-18,20-22,31,44H,2-8,11,13,19H2,1H3,(H3,40,41)(H3,42,43). The Morgan fingerprint density at radius 1 is 0.891 bits per heavy atom. The number of nitrogens with two attached hydrogens (primary N) is 2. The number of nitrogens with zero attached hydrogens (tertiary/aromatic N) is 1. The molecule has 1 aliphatic carbocycles. The summed E-state index contributed by atoms with van der Waals surface area (Å²) in [4.78, 5) is 0. The van der Waals surface area contributed by atoms with Crippen LogP contribution in [0.2, 0.25) is 0 Å². The number of amidine groups is 2. The molecule has 11 heteroatoms. The van der Waals surface area contributed by atoms with Crippen LogP contribution in [0.1, 0.15) is 92.1 Å². The van der Waals surface area contributed by atoms with Gasteiger partial charge in [-0.25, -0.2) is 9.40 Å². The third kappa shape index (κ3) is 9.32. The summed E-state index contributed by atoms with van der Waals surface area (Å²) in [7, 11) is 0. The van der Waals surface area contributed by atoms with Gasteiger partial charge in [0.1, 0.15) is 29.0 Å². The zero-order chi connectivity index (χ0) is 33.3. The number of likely N-dealkylation sites (N-methyl/N-ethyl adjacent to an activating group) is 1. The molecule has 0 saturated carbocycles. The van der Waals surface area contributed by atoms with Crippen LogP contribution in [0.15, 0.2) is 60.7 Å². The van der Waals surface area contributed by atoms with E-state index in [-0.39, 0.29) is 41.3 Å². The van der Waals surface area contributed by atoms with Gasteiger partial charge in [-0.05, 0) is 66.3 Å². The molecule has 3 aromatic carbocycles. The van der Waals surface area contributed by atoms with Crippen LogP contribution in [0.25, 0.3) is 6.08 Å². The Labute approximate surface area is 267 Å². The highest BCUT2D eigenvalue weighted by Gasteiger charge is 2.26. The normalized spacial score (nSPS) is 14.0. The molecule has 0 saturated heterocycles. The van der Waals surface area contributed by atoms with Crippen molar-refractivity contribution in [2.45, 2.75) is 76.9 Å². The average molecular weight is 639 g/mol. The summed E-state index contributed by atoms with van der Waals surface area (Å²) in [5.74, 6) is -0.260. The van der Waals surface area contributed by atoms with Crippen molar-refractivity contribution in [1.82, 2.24) is 5.01 Å². The van der Waals surface area contributed by atoms with Crippen LogP contribution in [0, 0.1) is 16.6 Å². The molecule has 0 aromatic heterocycles. The van der Waals surface area contributed by atoms with Crippen molar-refractivity contribution in [2.24, 2.45) is 11.5 Å². The Balaban J connectivity index is 1.43. The second-order valence-electron chi connectivity index (χ2n) is 11.5. The molecule has 0 heterocycles. The van der Waals surface area contributed by atoms with Gasteiger partial charge in [-0.2, -0.15) is 13.2 Å². The molecule has 1 atom stereocenters. The summed E-state index contributed by atoms with van der Waals surface area (Å²) in [6.07, 6.45) is 4.56. The number of ether oxygens (including phenoxy) is 1. The SMILES string of the molecule is CCN(Nc1cc(C(=N)N)c(Oc2ccc(F)c(CCCCCCCCCC(F)(F)F)c2)cc1C(=N)N)C1C=Cc2ccccc21. The lowest BCUT2D eigenvalue weighted by Crippen LogP contribution is -2.34. The molecule has 0 radical (unpaired) electrons. The maximum atomic E-state index is 14.7. The van der Waals surface area contributed by atoms with E-state index in [2.05, 4.69) is 29.7 Å². The van der Waals surface area contributed by atoms with Crippen LogP contribution >= 0.6 is 0 Å². The van der Waals surface area contributed by atoms with E-state index in [1.165, 1.54) is 12.1 Å². The molecule has 0 fully saturated rings. The number of hydrogen-bond acceptors (Lipinski definition) is 5. The van der Waals surface area contributed by atoms with Crippen molar-refractivity contribution >= 4 is 23.4 Å². The third-order valence-electron chi connectivity index (χ3n) is 8.06. The fourth-order valence-electron chi connectivity index (χ4n) is 5.65. The first kappa shape index (κ1) is 34.5. The molecule has 7 N–H and O–H groups in total. The molecule has 4 rings (SSSR count). The number of hydrogen-bond donors (Lipinski definition) is 5. The van der Waals surface area contributed by atoms with E-state index in [0.717, 1.165) is 43.2 Å². The molecular weight excluding hydrogens is 596 g/mol. The van der Waals surface area contributed by atoms with E-state index < -0.39 is 12.6 Å². The number of nitrogens with one attached hydrogen (secondary N) is 3. The highest BCUT2D eigenvalue weighted by molar-refractivity contribution is 6.05. The predicted octanol–water partition coefficient (Wildman–Crippen LogP) is 8.83. The number of rotatable bonds is 17. The Hall–Kier alpha value is -4.38. The molecule has 1 unspecified atom stereocenters. The second kappa shape index (κ2) is 15.8. The molecular formula is C35H42F4N6O. The summed E-state index contributed by atoms with van der Waals surface area (Å²) in [6, 6.07) is 15.7. The maximum absolute atomic E-state index is 14.7. The maximum Gasteiger partial charge on any atom is 0.389 e. The van der Waals surface area contributed by atoms with Gasteiger partial charge < -0.3 is 21.6 Å². The lowest BCUT2D eigenvalue weighted by Gasteiger charge is -2.30. The lowest BCUT2D eigenvalue weighted by atomic mass is 10.0. The summed E-state index contributed by atoms with van der Waals surface area (Å²) in [6.45, 7) is 2.63. The first-order valence-electron chi connectivity index (χ1n) is 15.7. The highest BCUT2D eigenvalue weighted by atomic mass is 19.4. The molecule has 0 aliphatic heterocycles. The molecule has 0 bridgehead atoms. The van der Waals surface area contributed by atoms with E-state index in [1.807, 2.05) is 24.1 Å². The van der Waals surface area contributed by atoms with Gasteiger partial charge in [-0.3, -0.25) is 10.8 Å². The predicted molar refractivity (Wildman–Crippen MR) is 176 cm³/mol. The van der Waals surface area contributed by atoms with Gasteiger partial charge in [-0.15, -0.1) is 0 Å². The van der Waals surface area contributed by atoms with E-state index in [1.54, 1.807) is 18.2 Å². The van der Waals surface area contributed by atoms with E-state index in [0.29, 0.717) is 42.0 Å².